The van der Waals surface area contributed by atoms with E-state index in [-0.39, 0.29) is 29.1 Å². The van der Waals surface area contributed by atoms with Crippen LogP contribution in [0.5, 0.6) is 0 Å². The number of carbonyl (C=O) groups excluding carboxylic acids is 2. The number of hydrogen-bond acceptors (Lipinski definition) is 5. The van der Waals surface area contributed by atoms with Crippen LogP contribution in [-0.2, 0) is 11.3 Å². The molecule has 164 valence electrons. The molecule has 3 aliphatic rings. The van der Waals surface area contributed by atoms with Gasteiger partial charge in [-0.2, -0.15) is 0 Å². The first-order valence-electron chi connectivity index (χ1n) is 11.1. The molecule has 2 saturated heterocycles. The van der Waals surface area contributed by atoms with E-state index in [2.05, 4.69) is 10.2 Å². The van der Waals surface area contributed by atoms with Gasteiger partial charge in [0.15, 0.2) is 5.76 Å². The highest BCUT2D eigenvalue weighted by Crippen LogP contribution is 2.40. The molecule has 0 aromatic carbocycles. The lowest BCUT2D eigenvalue weighted by atomic mass is 9.81. The molecule has 8 heteroatoms. The monoisotopic (exact) mass is 424 g/mol. The van der Waals surface area contributed by atoms with Crippen LogP contribution in [0.4, 0.5) is 5.69 Å². The van der Waals surface area contributed by atoms with Gasteiger partial charge in [0.2, 0.25) is 5.91 Å². The SMILES string of the molecule is CC(=O)N1CCC(N2C[C@H]3C[C@H](C2)c2c(NC(=O)c4ccco4)ccc(=O)n2C3)CC1. The number of nitrogens with one attached hydrogen (secondary N) is 1. The fourth-order valence-electron chi connectivity index (χ4n) is 5.59. The van der Waals surface area contributed by atoms with E-state index in [4.69, 9.17) is 4.42 Å². The number of likely N-dealkylation sites (tertiary alicyclic amines) is 2. The zero-order valence-corrected chi connectivity index (χ0v) is 17.8. The maximum absolute atomic E-state index is 12.6. The molecule has 5 rings (SSSR count). The van der Waals surface area contributed by atoms with E-state index in [0.717, 1.165) is 51.1 Å². The van der Waals surface area contributed by atoms with Gasteiger partial charge < -0.3 is 19.2 Å². The summed E-state index contributed by atoms with van der Waals surface area (Å²) in [6, 6.07) is 7.03. The summed E-state index contributed by atoms with van der Waals surface area (Å²) in [7, 11) is 0. The lowest BCUT2D eigenvalue weighted by molar-refractivity contribution is -0.130. The second kappa shape index (κ2) is 8.00. The highest BCUT2D eigenvalue weighted by Gasteiger charge is 2.39. The van der Waals surface area contributed by atoms with E-state index in [1.165, 1.54) is 12.3 Å². The first-order chi connectivity index (χ1) is 15.0. The molecule has 5 heterocycles. The Morgan fingerprint density at radius 2 is 1.90 bits per heavy atom. The van der Waals surface area contributed by atoms with Gasteiger partial charge in [-0.25, -0.2) is 0 Å². The Kier molecular flexibility index (Phi) is 5.17. The van der Waals surface area contributed by atoms with Gasteiger partial charge in [-0.15, -0.1) is 0 Å². The zero-order chi connectivity index (χ0) is 21.5. The minimum atomic E-state index is -0.308. The quantitative estimate of drug-likeness (QED) is 0.816. The average molecular weight is 425 g/mol. The van der Waals surface area contributed by atoms with Gasteiger partial charge >= 0.3 is 0 Å². The predicted molar refractivity (Wildman–Crippen MR) is 115 cm³/mol. The fourth-order valence-corrected chi connectivity index (χ4v) is 5.59. The number of hydrogen-bond donors (Lipinski definition) is 1. The van der Waals surface area contributed by atoms with Crippen molar-refractivity contribution in [3.05, 3.63) is 52.3 Å². The van der Waals surface area contributed by atoms with Crippen LogP contribution in [0.3, 0.4) is 0 Å². The third kappa shape index (κ3) is 3.80. The Balaban J connectivity index is 1.38. The van der Waals surface area contributed by atoms with Gasteiger partial charge in [0.25, 0.3) is 11.5 Å². The highest BCUT2D eigenvalue weighted by molar-refractivity contribution is 6.02. The van der Waals surface area contributed by atoms with Crippen molar-refractivity contribution in [1.29, 1.82) is 0 Å². The van der Waals surface area contributed by atoms with Crippen LogP contribution in [0.25, 0.3) is 0 Å². The topological polar surface area (TPSA) is 87.8 Å². The molecule has 3 aliphatic heterocycles. The number of amides is 2. The molecule has 0 radical (unpaired) electrons. The van der Waals surface area contributed by atoms with Crippen molar-refractivity contribution < 1.29 is 14.0 Å². The molecular weight excluding hydrogens is 396 g/mol. The van der Waals surface area contributed by atoms with E-state index in [0.29, 0.717) is 24.2 Å². The number of rotatable bonds is 3. The molecule has 2 aromatic heterocycles. The van der Waals surface area contributed by atoms with E-state index in [9.17, 15) is 14.4 Å². The largest absolute Gasteiger partial charge is 0.459 e. The van der Waals surface area contributed by atoms with Crippen LogP contribution >= 0.6 is 0 Å². The average Bonchev–Trinajstić information content (AvgIpc) is 3.31. The molecule has 0 saturated carbocycles. The number of nitrogens with zero attached hydrogens (tertiary/aromatic N) is 3. The summed E-state index contributed by atoms with van der Waals surface area (Å²) < 4.78 is 7.08. The van der Waals surface area contributed by atoms with Crippen molar-refractivity contribution in [2.75, 3.05) is 31.5 Å². The summed E-state index contributed by atoms with van der Waals surface area (Å²) in [5, 5.41) is 2.96. The smallest absolute Gasteiger partial charge is 0.291 e. The van der Waals surface area contributed by atoms with Crippen LogP contribution in [-0.4, -0.2) is 58.4 Å². The highest BCUT2D eigenvalue weighted by atomic mass is 16.3. The number of fused-ring (bicyclic) bond motifs is 4. The molecule has 0 unspecified atom stereocenters. The first-order valence-corrected chi connectivity index (χ1v) is 11.1. The Labute approximate surface area is 180 Å². The number of carbonyl (C=O) groups is 2. The minimum Gasteiger partial charge on any atom is -0.459 e. The normalized spacial score (nSPS) is 24.0. The number of aromatic nitrogens is 1. The van der Waals surface area contributed by atoms with Crippen molar-refractivity contribution >= 4 is 17.5 Å². The minimum absolute atomic E-state index is 0.0103. The molecule has 2 bridgehead atoms. The second-order valence-electron chi connectivity index (χ2n) is 9.00. The molecule has 0 aliphatic carbocycles. The Bertz CT molecular complexity index is 1040. The fraction of sp³-hybridized carbons (Fsp3) is 0.522. The summed E-state index contributed by atoms with van der Waals surface area (Å²) in [6.45, 7) is 5.79. The summed E-state index contributed by atoms with van der Waals surface area (Å²) >= 11 is 0. The second-order valence-corrected chi connectivity index (χ2v) is 9.00. The molecule has 8 nitrogen and oxygen atoms in total. The van der Waals surface area contributed by atoms with Gasteiger partial charge in [0.1, 0.15) is 0 Å². The van der Waals surface area contributed by atoms with E-state index in [1.54, 1.807) is 25.1 Å². The van der Waals surface area contributed by atoms with Crippen LogP contribution in [0, 0.1) is 5.92 Å². The molecule has 2 amide bonds. The summed E-state index contributed by atoms with van der Waals surface area (Å²) in [4.78, 5) is 41.3. The molecule has 2 fully saturated rings. The molecule has 0 spiro atoms. The standard InChI is InChI=1S/C23H28N4O4/c1-15(28)25-8-6-18(7-9-25)26-12-16-11-17(14-26)22-19(4-5-21(29)27(22)13-16)24-23(30)20-3-2-10-31-20/h2-5,10,16-18H,6-9,11-14H2,1H3,(H,24,30)/t16-,17-/m1/s1. The lowest BCUT2D eigenvalue weighted by Crippen LogP contribution is -2.53. The third-order valence-corrected chi connectivity index (χ3v) is 7.04. The maximum atomic E-state index is 12.6. The Morgan fingerprint density at radius 1 is 1.10 bits per heavy atom. The molecule has 1 N–H and O–H groups in total. The van der Waals surface area contributed by atoms with Crippen LogP contribution in [0.15, 0.2) is 39.7 Å². The molecule has 2 aromatic rings. The van der Waals surface area contributed by atoms with Crippen molar-refractivity contribution in [2.24, 2.45) is 5.92 Å². The summed E-state index contributed by atoms with van der Waals surface area (Å²) in [5.41, 5.74) is 1.61. The maximum Gasteiger partial charge on any atom is 0.291 e. The van der Waals surface area contributed by atoms with Gasteiger partial charge in [-0.3, -0.25) is 19.3 Å². The predicted octanol–water partition coefficient (Wildman–Crippen LogP) is 2.12. The molecule has 2 atom stereocenters. The van der Waals surface area contributed by atoms with Gasteiger partial charge in [-0.1, -0.05) is 0 Å². The van der Waals surface area contributed by atoms with Crippen LogP contribution in [0.1, 0.15) is 48.4 Å². The van der Waals surface area contributed by atoms with Gasteiger partial charge in [-0.05, 0) is 43.4 Å². The van der Waals surface area contributed by atoms with E-state index < -0.39 is 0 Å². The Morgan fingerprint density at radius 3 is 2.61 bits per heavy atom. The van der Waals surface area contributed by atoms with Gasteiger partial charge in [0, 0.05) is 63.4 Å². The summed E-state index contributed by atoms with van der Waals surface area (Å²) in [6.07, 6.45) is 4.47. The zero-order valence-electron chi connectivity index (χ0n) is 17.8. The lowest BCUT2D eigenvalue weighted by Gasteiger charge is -2.47. The number of anilines is 1. The first kappa shape index (κ1) is 20.1. The third-order valence-electron chi connectivity index (χ3n) is 7.04. The van der Waals surface area contributed by atoms with E-state index in [1.807, 2.05) is 9.47 Å². The van der Waals surface area contributed by atoms with Crippen molar-refractivity contribution in [1.82, 2.24) is 14.4 Å². The van der Waals surface area contributed by atoms with E-state index >= 15 is 0 Å². The number of piperidine rings is 2. The summed E-state index contributed by atoms with van der Waals surface area (Å²) in [5.74, 6) is 0.711. The van der Waals surface area contributed by atoms with Gasteiger partial charge in [0.05, 0.1) is 12.0 Å². The molecular formula is C23H28N4O4. The number of furan rings is 1. The van der Waals surface area contributed by atoms with Crippen molar-refractivity contribution in [2.45, 2.75) is 44.7 Å². The molecule has 31 heavy (non-hydrogen) atoms. The van der Waals surface area contributed by atoms with Crippen molar-refractivity contribution in [3.63, 3.8) is 0 Å². The van der Waals surface area contributed by atoms with Crippen LogP contribution in [0.2, 0.25) is 0 Å². The van der Waals surface area contributed by atoms with Crippen LogP contribution < -0.4 is 10.9 Å². The number of pyridine rings is 1. The Hall–Kier alpha value is -2.87. The van der Waals surface area contributed by atoms with Crippen molar-refractivity contribution in [3.8, 4) is 0 Å².